The number of aryl methyl sites for hydroxylation is 1. The van der Waals surface area contributed by atoms with Gasteiger partial charge in [0.05, 0.1) is 12.6 Å². The van der Waals surface area contributed by atoms with Crippen LogP contribution in [0.15, 0.2) is 53.1 Å². The number of aromatic nitrogens is 2. The summed E-state index contributed by atoms with van der Waals surface area (Å²) in [5.74, 6) is 0.551. The maximum atomic E-state index is 13.0. The molecular formula is C23H25FN4O3. The Morgan fingerprint density at radius 2 is 2.06 bits per heavy atom. The highest BCUT2D eigenvalue weighted by molar-refractivity contribution is 5.89. The van der Waals surface area contributed by atoms with Crippen LogP contribution in [-0.4, -0.2) is 27.6 Å². The molecule has 1 fully saturated rings. The van der Waals surface area contributed by atoms with Crippen LogP contribution in [0.5, 0.6) is 0 Å². The lowest BCUT2D eigenvalue weighted by Gasteiger charge is -2.33. The topological polar surface area (TPSA) is 80.5 Å². The van der Waals surface area contributed by atoms with Gasteiger partial charge in [0.25, 0.3) is 5.89 Å². The number of carbonyl (C=O) groups excluding carboxylic acids is 1. The van der Waals surface area contributed by atoms with E-state index in [0.29, 0.717) is 24.9 Å². The summed E-state index contributed by atoms with van der Waals surface area (Å²) in [4.78, 5) is 19.1. The Balaban J connectivity index is 1.37. The molecule has 1 N–H and O–H groups in total. The highest BCUT2D eigenvalue weighted by atomic mass is 19.1. The van der Waals surface area contributed by atoms with E-state index in [1.54, 1.807) is 17.0 Å². The largest absolute Gasteiger partial charge is 0.367 e. The molecule has 3 aromatic rings. The summed E-state index contributed by atoms with van der Waals surface area (Å²) in [6.07, 6.45) is 2.70. The second kappa shape index (κ2) is 9.70. The number of nitrogens with zero attached hydrogens (tertiary/aromatic N) is 3. The molecule has 1 aliphatic rings. The Kier molecular flexibility index (Phi) is 6.57. The van der Waals surface area contributed by atoms with Crippen molar-refractivity contribution in [1.29, 1.82) is 0 Å². The number of hydrogen-bond acceptors (Lipinski definition) is 5. The van der Waals surface area contributed by atoms with Crippen LogP contribution in [0, 0.1) is 12.7 Å². The van der Waals surface area contributed by atoms with Crippen molar-refractivity contribution < 1.29 is 18.4 Å². The summed E-state index contributed by atoms with van der Waals surface area (Å²) in [6.45, 7) is 3.07. The fraction of sp³-hybridized carbons (Fsp3) is 0.348. The number of halogens is 1. The zero-order valence-electron chi connectivity index (χ0n) is 17.4. The van der Waals surface area contributed by atoms with Gasteiger partial charge in [0.1, 0.15) is 12.4 Å². The number of piperidine rings is 1. The molecule has 0 aliphatic carbocycles. The Morgan fingerprint density at radius 3 is 2.87 bits per heavy atom. The molecule has 1 unspecified atom stereocenters. The summed E-state index contributed by atoms with van der Waals surface area (Å²) < 4.78 is 23.9. The predicted octanol–water partition coefficient (Wildman–Crippen LogP) is 4.99. The molecule has 31 heavy (non-hydrogen) atoms. The Bertz CT molecular complexity index is 1020. The summed E-state index contributed by atoms with van der Waals surface area (Å²) in [7, 11) is 0. The molecule has 0 radical (unpaired) electrons. The average Bonchev–Trinajstić information content (AvgIpc) is 3.24. The van der Waals surface area contributed by atoms with E-state index in [9.17, 15) is 9.18 Å². The quantitative estimate of drug-likeness (QED) is 0.603. The zero-order chi connectivity index (χ0) is 21.6. The van der Waals surface area contributed by atoms with Crippen LogP contribution in [0.1, 0.15) is 48.1 Å². The molecule has 2 aromatic carbocycles. The lowest BCUT2D eigenvalue weighted by atomic mass is 10.0. The van der Waals surface area contributed by atoms with E-state index in [2.05, 4.69) is 15.5 Å². The van der Waals surface area contributed by atoms with E-state index in [1.165, 1.54) is 12.1 Å². The van der Waals surface area contributed by atoms with Gasteiger partial charge in [-0.3, -0.25) is 0 Å². The van der Waals surface area contributed by atoms with Gasteiger partial charge in [-0.1, -0.05) is 29.4 Å². The number of hydrogen-bond donors (Lipinski definition) is 1. The molecule has 0 bridgehead atoms. The van der Waals surface area contributed by atoms with Crippen LogP contribution >= 0.6 is 0 Å². The minimum absolute atomic E-state index is 0.145. The van der Waals surface area contributed by atoms with Crippen molar-refractivity contribution in [3.8, 4) is 0 Å². The highest BCUT2D eigenvalue weighted by Gasteiger charge is 2.31. The van der Waals surface area contributed by atoms with Crippen molar-refractivity contribution in [2.24, 2.45) is 0 Å². The van der Waals surface area contributed by atoms with Crippen LogP contribution in [-0.2, 0) is 18.0 Å². The van der Waals surface area contributed by atoms with E-state index < -0.39 is 0 Å². The molecule has 1 atom stereocenters. The first-order valence-electron chi connectivity index (χ1n) is 10.4. The number of nitrogens with one attached hydrogen (secondary N) is 1. The van der Waals surface area contributed by atoms with Crippen LogP contribution in [0.4, 0.5) is 14.9 Å². The van der Waals surface area contributed by atoms with E-state index in [4.69, 9.17) is 9.26 Å². The van der Waals surface area contributed by atoms with Gasteiger partial charge in [-0.2, -0.15) is 4.98 Å². The molecule has 1 aromatic heterocycles. The van der Waals surface area contributed by atoms with Gasteiger partial charge in [-0.05, 0) is 61.6 Å². The number of likely N-dealkylation sites (tertiary alicyclic amines) is 1. The Morgan fingerprint density at radius 1 is 1.23 bits per heavy atom. The standard InChI is InChI=1S/C23H25FN4O3/c1-16-5-4-6-19(13-16)25-23(29)28-12-3-2-7-20(28)22-26-21(31-27-22)15-30-14-17-8-10-18(24)11-9-17/h4-6,8-11,13,20H,2-3,7,12,14-15H2,1H3,(H,25,29). The van der Waals surface area contributed by atoms with E-state index in [-0.39, 0.29) is 24.5 Å². The number of carbonyl (C=O) groups is 1. The van der Waals surface area contributed by atoms with Crippen LogP contribution in [0.2, 0.25) is 0 Å². The van der Waals surface area contributed by atoms with Gasteiger partial charge >= 0.3 is 6.03 Å². The molecule has 7 nitrogen and oxygen atoms in total. The third-order valence-corrected chi connectivity index (χ3v) is 5.22. The van der Waals surface area contributed by atoms with E-state index in [1.807, 2.05) is 31.2 Å². The first kappa shape index (κ1) is 21.0. The number of anilines is 1. The molecule has 4 rings (SSSR count). The number of benzene rings is 2. The third kappa shape index (κ3) is 5.46. The molecule has 1 aliphatic heterocycles. The summed E-state index contributed by atoms with van der Waals surface area (Å²) >= 11 is 0. The minimum atomic E-state index is -0.284. The fourth-order valence-corrected chi connectivity index (χ4v) is 3.66. The highest BCUT2D eigenvalue weighted by Crippen LogP contribution is 2.30. The summed E-state index contributed by atoms with van der Waals surface area (Å²) in [5.41, 5.74) is 2.70. The van der Waals surface area contributed by atoms with Crippen LogP contribution < -0.4 is 5.32 Å². The number of amides is 2. The maximum absolute atomic E-state index is 13.0. The molecular weight excluding hydrogens is 399 g/mol. The van der Waals surface area contributed by atoms with Gasteiger partial charge < -0.3 is 19.5 Å². The Hall–Kier alpha value is -3.26. The zero-order valence-corrected chi connectivity index (χ0v) is 17.4. The second-order valence-electron chi connectivity index (χ2n) is 7.67. The maximum Gasteiger partial charge on any atom is 0.322 e. The molecule has 8 heteroatoms. The van der Waals surface area contributed by atoms with Gasteiger partial charge in [-0.15, -0.1) is 0 Å². The molecule has 2 heterocycles. The van der Waals surface area contributed by atoms with Gasteiger partial charge in [0.15, 0.2) is 5.82 Å². The van der Waals surface area contributed by atoms with Crippen molar-refractivity contribution >= 4 is 11.7 Å². The number of urea groups is 1. The third-order valence-electron chi connectivity index (χ3n) is 5.22. The van der Waals surface area contributed by atoms with Crippen molar-refractivity contribution in [3.63, 3.8) is 0 Å². The first-order valence-corrected chi connectivity index (χ1v) is 10.4. The Labute approximate surface area is 180 Å². The molecule has 0 saturated carbocycles. The van der Waals surface area contributed by atoms with Crippen molar-refractivity contribution in [3.05, 3.63) is 77.2 Å². The van der Waals surface area contributed by atoms with Crippen LogP contribution in [0.25, 0.3) is 0 Å². The summed E-state index contributed by atoms with van der Waals surface area (Å²) in [6, 6.07) is 13.4. The van der Waals surface area contributed by atoms with E-state index in [0.717, 1.165) is 36.1 Å². The average molecular weight is 424 g/mol. The molecule has 2 amide bonds. The fourth-order valence-electron chi connectivity index (χ4n) is 3.66. The first-order chi connectivity index (χ1) is 15.1. The monoisotopic (exact) mass is 424 g/mol. The SMILES string of the molecule is Cc1cccc(NC(=O)N2CCCCC2c2noc(COCc3ccc(F)cc3)n2)c1. The molecule has 162 valence electrons. The molecule has 0 spiro atoms. The lowest BCUT2D eigenvalue weighted by Crippen LogP contribution is -2.41. The summed E-state index contributed by atoms with van der Waals surface area (Å²) in [5, 5.41) is 7.06. The number of rotatable bonds is 6. The van der Waals surface area contributed by atoms with Crippen molar-refractivity contribution in [2.75, 3.05) is 11.9 Å². The van der Waals surface area contributed by atoms with Crippen molar-refractivity contribution in [2.45, 2.75) is 45.4 Å². The van der Waals surface area contributed by atoms with Gasteiger partial charge in [0.2, 0.25) is 0 Å². The second-order valence-corrected chi connectivity index (χ2v) is 7.67. The predicted molar refractivity (Wildman–Crippen MR) is 113 cm³/mol. The van der Waals surface area contributed by atoms with Gasteiger partial charge in [0, 0.05) is 12.2 Å². The normalized spacial score (nSPS) is 16.3. The smallest absolute Gasteiger partial charge is 0.322 e. The van der Waals surface area contributed by atoms with Crippen molar-refractivity contribution in [1.82, 2.24) is 15.0 Å². The van der Waals surface area contributed by atoms with Crippen LogP contribution in [0.3, 0.4) is 0 Å². The number of ether oxygens (including phenoxy) is 1. The molecule has 1 saturated heterocycles. The lowest BCUT2D eigenvalue weighted by molar-refractivity contribution is 0.0850. The van der Waals surface area contributed by atoms with Gasteiger partial charge in [-0.25, -0.2) is 9.18 Å². The minimum Gasteiger partial charge on any atom is -0.367 e. The van der Waals surface area contributed by atoms with E-state index >= 15 is 0 Å².